The predicted octanol–water partition coefficient (Wildman–Crippen LogP) is 2.71. The first-order chi connectivity index (χ1) is 9.90. The minimum atomic E-state index is -1.19. The van der Waals surface area contributed by atoms with E-state index in [4.69, 9.17) is 5.73 Å². The molecule has 0 unspecified atom stereocenters. The standard InChI is InChI=1S/C13H9F2N3O3/c14-8-2-1-3-10(12(8)15)17-13(19)7-4-5-11(18(20)21)9(16)6-7/h1-6H,16H2,(H,17,19). The van der Waals surface area contributed by atoms with E-state index in [1.807, 2.05) is 0 Å². The lowest BCUT2D eigenvalue weighted by molar-refractivity contribution is -0.383. The molecule has 0 bridgehead atoms. The number of carbonyl (C=O) groups is 1. The third kappa shape index (κ3) is 2.94. The molecule has 0 aliphatic heterocycles. The summed E-state index contributed by atoms with van der Waals surface area (Å²) in [6.07, 6.45) is 0. The molecule has 108 valence electrons. The van der Waals surface area contributed by atoms with Gasteiger partial charge in [0.25, 0.3) is 11.6 Å². The minimum Gasteiger partial charge on any atom is -0.393 e. The van der Waals surface area contributed by atoms with Crippen molar-refractivity contribution in [3.63, 3.8) is 0 Å². The first kappa shape index (κ1) is 14.4. The highest BCUT2D eigenvalue weighted by atomic mass is 19.2. The number of hydrogen-bond acceptors (Lipinski definition) is 4. The number of nitrogen functional groups attached to an aromatic ring is 1. The largest absolute Gasteiger partial charge is 0.393 e. The summed E-state index contributed by atoms with van der Waals surface area (Å²) in [4.78, 5) is 21.8. The fourth-order valence-electron chi connectivity index (χ4n) is 1.66. The Morgan fingerprint density at radius 1 is 1.24 bits per heavy atom. The molecule has 0 heterocycles. The maximum absolute atomic E-state index is 13.4. The van der Waals surface area contributed by atoms with E-state index in [1.54, 1.807) is 0 Å². The molecule has 0 aromatic heterocycles. The van der Waals surface area contributed by atoms with Crippen LogP contribution in [-0.4, -0.2) is 10.8 Å². The molecule has 0 saturated carbocycles. The topological polar surface area (TPSA) is 98.3 Å². The molecule has 0 radical (unpaired) electrons. The monoisotopic (exact) mass is 293 g/mol. The molecule has 0 spiro atoms. The predicted molar refractivity (Wildman–Crippen MR) is 71.8 cm³/mol. The van der Waals surface area contributed by atoms with Crippen molar-refractivity contribution in [1.82, 2.24) is 0 Å². The Kier molecular flexibility index (Phi) is 3.79. The number of nitro benzene ring substituents is 1. The van der Waals surface area contributed by atoms with E-state index in [0.717, 1.165) is 18.2 Å². The summed E-state index contributed by atoms with van der Waals surface area (Å²) in [5, 5.41) is 12.8. The van der Waals surface area contributed by atoms with Gasteiger partial charge < -0.3 is 11.1 Å². The summed E-state index contributed by atoms with van der Waals surface area (Å²) in [5.74, 6) is -3.06. The van der Waals surface area contributed by atoms with Gasteiger partial charge >= 0.3 is 0 Å². The molecule has 0 fully saturated rings. The Hall–Kier alpha value is -3.03. The van der Waals surface area contributed by atoms with Gasteiger partial charge in [-0.3, -0.25) is 14.9 Å². The number of hydrogen-bond donors (Lipinski definition) is 2. The highest BCUT2D eigenvalue weighted by molar-refractivity contribution is 6.05. The van der Waals surface area contributed by atoms with Gasteiger partial charge in [0.2, 0.25) is 0 Å². The van der Waals surface area contributed by atoms with Gasteiger partial charge in [-0.2, -0.15) is 0 Å². The average Bonchev–Trinajstić information content (AvgIpc) is 2.43. The molecular weight excluding hydrogens is 284 g/mol. The van der Waals surface area contributed by atoms with Crippen molar-refractivity contribution in [1.29, 1.82) is 0 Å². The van der Waals surface area contributed by atoms with Crippen molar-refractivity contribution in [2.75, 3.05) is 11.1 Å². The zero-order valence-electron chi connectivity index (χ0n) is 10.5. The van der Waals surface area contributed by atoms with Gasteiger partial charge in [-0.1, -0.05) is 6.07 Å². The second kappa shape index (κ2) is 5.53. The fourth-order valence-corrected chi connectivity index (χ4v) is 1.66. The molecule has 8 heteroatoms. The van der Waals surface area contributed by atoms with E-state index in [1.165, 1.54) is 18.2 Å². The van der Waals surface area contributed by atoms with E-state index in [-0.39, 0.29) is 22.6 Å². The number of nitrogens with one attached hydrogen (secondary N) is 1. The van der Waals surface area contributed by atoms with Crippen LogP contribution in [-0.2, 0) is 0 Å². The molecule has 2 rings (SSSR count). The third-order valence-electron chi connectivity index (χ3n) is 2.69. The lowest BCUT2D eigenvalue weighted by atomic mass is 10.1. The Morgan fingerprint density at radius 2 is 1.95 bits per heavy atom. The van der Waals surface area contributed by atoms with Gasteiger partial charge in [0, 0.05) is 11.6 Å². The van der Waals surface area contributed by atoms with E-state index < -0.39 is 22.5 Å². The van der Waals surface area contributed by atoms with E-state index in [0.29, 0.717) is 0 Å². The quantitative estimate of drug-likeness (QED) is 0.516. The van der Waals surface area contributed by atoms with Crippen molar-refractivity contribution in [3.8, 4) is 0 Å². The molecule has 3 N–H and O–H groups in total. The number of anilines is 2. The Labute approximate surface area is 117 Å². The van der Waals surface area contributed by atoms with Crippen LogP contribution in [0.25, 0.3) is 0 Å². The van der Waals surface area contributed by atoms with Gasteiger partial charge in [-0.15, -0.1) is 0 Å². The van der Waals surface area contributed by atoms with Crippen LogP contribution in [0.15, 0.2) is 36.4 Å². The Morgan fingerprint density at radius 3 is 2.57 bits per heavy atom. The number of amides is 1. The Balaban J connectivity index is 2.27. The summed E-state index contributed by atoms with van der Waals surface area (Å²) in [6.45, 7) is 0. The summed E-state index contributed by atoms with van der Waals surface area (Å²) < 4.78 is 26.4. The van der Waals surface area contributed by atoms with Crippen LogP contribution in [0.4, 0.5) is 25.8 Å². The van der Waals surface area contributed by atoms with Crippen molar-refractivity contribution in [2.45, 2.75) is 0 Å². The van der Waals surface area contributed by atoms with Crippen LogP contribution >= 0.6 is 0 Å². The van der Waals surface area contributed by atoms with Crippen LogP contribution in [0.2, 0.25) is 0 Å². The highest BCUT2D eigenvalue weighted by Gasteiger charge is 2.16. The van der Waals surface area contributed by atoms with Crippen LogP contribution < -0.4 is 11.1 Å². The average molecular weight is 293 g/mol. The number of nitrogens with two attached hydrogens (primary N) is 1. The number of nitrogens with zero attached hydrogens (tertiary/aromatic N) is 1. The first-order valence-electron chi connectivity index (χ1n) is 5.69. The van der Waals surface area contributed by atoms with E-state index in [2.05, 4.69) is 5.32 Å². The zero-order chi connectivity index (χ0) is 15.6. The second-order valence-corrected chi connectivity index (χ2v) is 4.09. The molecule has 0 aliphatic rings. The molecular formula is C13H9F2N3O3. The van der Waals surface area contributed by atoms with Crippen LogP contribution in [0.5, 0.6) is 0 Å². The molecule has 0 atom stereocenters. The normalized spacial score (nSPS) is 10.2. The van der Waals surface area contributed by atoms with E-state index in [9.17, 15) is 23.7 Å². The molecule has 2 aromatic rings. The maximum Gasteiger partial charge on any atom is 0.292 e. The number of benzene rings is 2. The van der Waals surface area contributed by atoms with Gasteiger partial charge in [-0.05, 0) is 24.3 Å². The number of carbonyl (C=O) groups excluding carboxylic acids is 1. The fraction of sp³-hybridized carbons (Fsp3) is 0. The Bertz CT molecular complexity index is 735. The molecule has 1 amide bonds. The van der Waals surface area contributed by atoms with E-state index >= 15 is 0 Å². The third-order valence-corrected chi connectivity index (χ3v) is 2.69. The first-order valence-corrected chi connectivity index (χ1v) is 5.69. The SMILES string of the molecule is Nc1cc(C(=O)Nc2cccc(F)c2F)ccc1[N+](=O)[O-]. The van der Waals surface area contributed by atoms with Crippen molar-refractivity contribution in [2.24, 2.45) is 0 Å². The molecule has 0 aliphatic carbocycles. The van der Waals surface area contributed by atoms with Gasteiger partial charge in [0.05, 0.1) is 10.6 Å². The second-order valence-electron chi connectivity index (χ2n) is 4.09. The van der Waals surface area contributed by atoms with Gasteiger partial charge in [0.15, 0.2) is 11.6 Å². The van der Waals surface area contributed by atoms with Crippen LogP contribution in [0, 0.1) is 21.7 Å². The number of nitro groups is 1. The maximum atomic E-state index is 13.4. The van der Waals surface area contributed by atoms with Crippen LogP contribution in [0.1, 0.15) is 10.4 Å². The lowest BCUT2D eigenvalue weighted by Gasteiger charge is -2.07. The van der Waals surface area contributed by atoms with Gasteiger partial charge in [0.1, 0.15) is 5.69 Å². The van der Waals surface area contributed by atoms with Crippen LogP contribution in [0.3, 0.4) is 0 Å². The smallest absolute Gasteiger partial charge is 0.292 e. The van der Waals surface area contributed by atoms with Gasteiger partial charge in [-0.25, -0.2) is 8.78 Å². The summed E-state index contributed by atoms with van der Waals surface area (Å²) in [5.41, 5.74) is 4.56. The minimum absolute atomic E-state index is 0.0123. The molecule has 6 nitrogen and oxygen atoms in total. The summed E-state index contributed by atoms with van der Waals surface area (Å²) in [7, 11) is 0. The zero-order valence-corrected chi connectivity index (χ0v) is 10.5. The molecule has 2 aromatic carbocycles. The summed E-state index contributed by atoms with van der Waals surface area (Å²) in [6, 6.07) is 6.65. The van der Waals surface area contributed by atoms with Crippen molar-refractivity contribution < 1.29 is 18.5 Å². The lowest BCUT2D eigenvalue weighted by Crippen LogP contribution is -2.14. The number of halogens is 2. The summed E-state index contributed by atoms with van der Waals surface area (Å²) >= 11 is 0. The molecule has 0 saturated heterocycles. The number of rotatable bonds is 3. The van der Waals surface area contributed by atoms with Crippen molar-refractivity contribution in [3.05, 3.63) is 63.7 Å². The highest BCUT2D eigenvalue weighted by Crippen LogP contribution is 2.23. The van der Waals surface area contributed by atoms with Crippen molar-refractivity contribution >= 4 is 23.0 Å². The molecule has 21 heavy (non-hydrogen) atoms.